The Morgan fingerprint density at radius 2 is 1.68 bits per heavy atom. The smallest absolute Gasteiger partial charge is 0.248 e. The Balaban J connectivity index is 2.13. The summed E-state index contributed by atoms with van der Waals surface area (Å²) in [5, 5.41) is 8.71. The number of rotatable bonds is 4. The molecule has 0 bridgehead atoms. The maximum absolute atomic E-state index is 14.7. The highest BCUT2D eigenvalue weighted by Crippen LogP contribution is 2.43. The van der Waals surface area contributed by atoms with Gasteiger partial charge in [-0.25, -0.2) is 4.39 Å². The van der Waals surface area contributed by atoms with E-state index in [9.17, 15) is 9.18 Å². The van der Waals surface area contributed by atoms with E-state index in [1.165, 1.54) is 18.3 Å². The average molecular weight is 474 g/mol. The van der Waals surface area contributed by atoms with Gasteiger partial charge in [-0.3, -0.25) is 9.78 Å². The molecule has 154 valence electrons. The van der Waals surface area contributed by atoms with Crippen molar-refractivity contribution in [2.45, 2.75) is 0 Å². The molecule has 2 aromatic carbocycles. The Morgan fingerprint density at radius 3 is 2.39 bits per heavy atom. The fraction of sp³-hybridized carbons (Fsp3) is 0. The highest BCUT2D eigenvalue weighted by molar-refractivity contribution is 6.38. The van der Waals surface area contributed by atoms with E-state index in [2.05, 4.69) is 15.2 Å². The zero-order chi connectivity index (χ0) is 22.1. The SMILES string of the molecule is NC(=O)c1cccc(-c2c(-c3ccccc3F)nnc(Cl)c2-c2ncc(Cl)cc2Cl)c1. The summed E-state index contributed by atoms with van der Waals surface area (Å²) in [6, 6.07) is 14.1. The fourth-order valence-electron chi connectivity index (χ4n) is 3.18. The Kier molecular flexibility index (Phi) is 5.87. The van der Waals surface area contributed by atoms with Gasteiger partial charge in [-0.15, -0.1) is 10.2 Å². The molecule has 0 atom stereocenters. The van der Waals surface area contributed by atoms with Crippen molar-refractivity contribution in [2.75, 3.05) is 0 Å². The zero-order valence-corrected chi connectivity index (χ0v) is 17.9. The van der Waals surface area contributed by atoms with Gasteiger partial charge in [0.15, 0.2) is 5.15 Å². The van der Waals surface area contributed by atoms with Crippen molar-refractivity contribution in [3.63, 3.8) is 0 Å². The molecule has 2 heterocycles. The second-order valence-electron chi connectivity index (χ2n) is 6.50. The van der Waals surface area contributed by atoms with Gasteiger partial charge in [0.25, 0.3) is 0 Å². The quantitative estimate of drug-likeness (QED) is 0.390. The van der Waals surface area contributed by atoms with Gasteiger partial charge >= 0.3 is 0 Å². The molecule has 0 radical (unpaired) electrons. The first-order valence-corrected chi connectivity index (χ1v) is 10.0. The standard InChI is InChI=1S/C22H12Cl3FN4O/c23-13-9-15(24)20(28-10-13)18-17(11-4-3-5-12(8-11)22(27)31)19(29-30-21(18)25)14-6-1-2-7-16(14)26/h1-10H,(H2,27,31). The Hall–Kier alpha value is -3.06. The number of nitrogens with two attached hydrogens (primary N) is 1. The molecule has 31 heavy (non-hydrogen) atoms. The molecular weight excluding hydrogens is 462 g/mol. The van der Waals surface area contributed by atoms with Crippen molar-refractivity contribution in [1.29, 1.82) is 0 Å². The van der Waals surface area contributed by atoms with Crippen LogP contribution in [-0.4, -0.2) is 21.1 Å². The van der Waals surface area contributed by atoms with E-state index in [1.807, 2.05) is 0 Å². The lowest BCUT2D eigenvalue weighted by Gasteiger charge is -2.16. The lowest BCUT2D eigenvalue weighted by Crippen LogP contribution is -2.10. The third kappa shape index (κ3) is 4.10. The molecule has 0 fully saturated rings. The number of halogens is 4. The number of hydrogen-bond acceptors (Lipinski definition) is 4. The summed E-state index contributed by atoms with van der Waals surface area (Å²) in [7, 11) is 0. The van der Waals surface area contributed by atoms with Crippen LogP contribution in [0.3, 0.4) is 0 Å². The van der Waals surface area contributed by atoms with Gasteiger partial charge in [0.2, 0.25) is 5.91 Å². The molecule has 0 aliphatic carbocycles. The number of hydrogen-bond donors (Lipinski definition) is 1. The monoisotopic (exact) mass is 472 g/mol. The van der Waals surface area contributed by atoms with E-state index in [4.69, 9.17) is 40.5 Å². The number of carbonyl (C=O) groups is 1. The predicted molar refractivity (Wildman–Crippen MR) is 120 cm³/mol. The van der Waals surface area contributed by atoms with Crippen molar-refractivity contribution in [3.8, 4) is 33.6 Å². The topological polar surface area (TPSA) is 81.8 Å². The lowest BCUT2D eigenvalue weighted by atomic mass is 9.93. The second-order valence-corrected chi connectivity index (χ2v) is 7.70. The van der Waals surface area contributed by atoms with E-state index in [0.717, 1.165) is 0 Å². The molecule has 1 amide bonds. The molecule has 0 aliphatic heterocycles. The van der Waals surface area contributed by atoms with Gasteiger partial charge < -0.3 is 5.73 Å². The second kappa shape index (κ2) is 8.59. The lowest BCUT2D eigenvalue weighted by molar-refractivity contribution is 0.100. The van der Waals surface area contributed by atoms with E-state index < -0.39 is 11.7 Å². The van der Waals surface area contributed by atoms with Gasteiger partial charge in [-0.05, 0) is 35.9 Å². The molecule has 0 spiro atoms. The number of benzene rings is 2. The Morgan fingerprint density at radius 1 is 0.903 bits per heavy atom. The molecule has 2 aromatic heterocycles. The summed E-state index contributed by atoms with van der Waals surface area (Å²) in [4.78, 5) is 16.1. The van der Waals surface area contributed by atoms with Gasteiger partial charge in [0.05, 0.1) is 21.3 Å². The number of primary amides is 1. The summed E-state index contributed by atoms with van der Waals surface area (Å²) < 4.78 is 14.7. The molecule has 0 unspecified atom stereocenters. The predicted octanol–water partition coefficient (Wildman–Crippen LogP) is 6.07. The summed E-state index contributed by atoms with van der Waals surface area (Å²) in [6.45, 7) is 0. The van der Waals surface area contributed by atoms with Gasteiger partial charge in [0, 0.05) is 22.9 Å². The van der Waals surface area contributed by atoms with E-state index >= 15 is 0 Å². The maximum atomic E-state index is 14.7. The number of amides is 1. The minimum absolute atomic E-state index is 0.00344. The van der Waals surface area contributed by atoms with Crippen molar-refractivity contribution < 1.29 is 9.18 Å². The van der Waals surface area contributed by atoms with Crippen LogP contribution < -0.4 is 5.73 Å². The highest BCUT2D eigenvalue weighted by Gasteiger charge is 2.24. The average Bonchev–Trinajstić information content (AvgIpc) is 2.75. The molecule has 0 saturated heterocycles. The molecule has 2 N–H and O–H groups in total. The van der Waals surface area contributed by atoms with Gasteiger partial charge in [0.1, 0.15) is 11.5 Å². The van der Waals surface area contributed by atoms with Crippen molar-refractivity contribution in [3.05, 3.63) is 87.4 Å². The summed E-state index contributed by atoms with van der Waals surface area (Å²) in [6.07, 6.45) is 1.41. The van der Waals surface area contributed by atoms with Crippen LogP contribution in [-0.2, 0) is 0 Å². The summed E-state index contributed by atoms with van der Waals surface area (Å²) in [5.74, 6) is -1.13. The minimum Gasteiger partial charge on any atom is -0.366 e. The van der Waals surface area contributed by atoms with E-state index in [0.29, 0.717) is 21.7 Å². The molecule has 4 aromatic rings. The van der Waals surface area contributed by atoms with Crippen LogP contribution >= 0.6 is 34.8 Å². The molecule has 0 saturated carbocycles. The van der Waals surface area contributed by atoms with E-state index in [1.54, 1.807) is 42.5 Å². The van der Waals surface area contributed by atoms with Crippen molar-refractivity contribution >= 4 is 40.7 Å². The van der Waals surface area contributed by atoms with Crippen LogP contribution in [0, 0.1) is 5.82 Å². The van der Waals surface area contributed by atoms with Crippen LogP contribution in [0.25, 0.3) is 33.6 Å². The van der Waals surface area contributed by atoms with Crippen LogP contribution in [0.5, 0.6) is 0 Å². The summed E-state index contributed by atoms with van der Waals surface area (Å²) >= 11 is 18.8. The number of aromatic nitrogens is 3. The number of pyridine rings is 1. The van der Waals surface area contributed by atoms with E-state index in [-0.39, 0.29) is 32.7 Å². The normalized spacial score (nSPS) is 10.8. The number of carbonyl (C=O) groups excluding carboxylic acids is 1. The first-order valence-electron chi connectivity index (χ1n) is 8.89. The molecular formula is C22H12Cl3FN4O. The molecule has 5 nitrogen and oxygen atoms in total. The van der Waals surface area contributed by atoms with Crippen LogP contribution in [0.2, 0.25) is 15.2 Å². The van der Waals surface area contributed by atoms with Crippen LogP contribution in [0.1, 0.15) is 10.4 Å². The third-order valence-electron chi connectivity index (χ3n) is 4.54. The molecule has 9 heteroatoms. The third-order valence-corrected chi connectivity index (χ3v) is 5.30. The van der Waals surface area contributed by atoms with Gasteiger partial charge in [-0.1, -0.05) is 59.1 Å². The Labute approximate surface area is 191 Å². The first kappa shape index (κ1) is 21.2. The minimum atomic E-state index is -0.619. The Bertz CT molecular complexity index is 1330. The molecule has 4 rings (SSSR count). The number of nitrogens with zero attached hydrogens (tertiary/aromatic N) is 3. The van der Waals surface area contributed by atoms with Crippen LogP contribution in [0.15, 0.2) is 60.8 Å². The molecule has 0 aliphatic rings. The van der Waals surface area contributed by atoms with Crippen LogP contribution in [0.4, 0.5) is 4.39 Å². The first-order chi connectivity index (χ1) is 14.9. The fourth-order valence-corrected chi connectivity index (χ4v) is 3.88. The summed E-state index contributed by atoms with van der Waals surface area (Å²) in [5.41, 5.74) is 7.60. The van der Waals surface area contributed by atoms with Gasteiger partial charge in [-0.2, -0.15) is 0 Å². The highest BCUT2D eigenvalue weighted by atomic mass is 35.5. The van der Waals surface area contributed by atoms with Crippen molar-refractivity contribution in [2.24, 2.45) is 5.73 Å². The zero-order valence-electron chi connectivity index (χ0n) is 15.6. The largest absolute Gasteiger partial charge is 0.366 e. The van der Waals surface area contributed by atoms with Crippen molar-refractivity contribution in [1.82, 2.24) is 15.2 Å². The maximum Gasteiger partial charge on any atom is 0.248 e.